The van der Waals surface area contributed by atoms with E-state index >= 15 is 0 Å². The van der Waals surface area contributed by atoms with Crippen LogP contribution in [0.25, 0.3) is 10.9 Å². The van der Waals surface area contributed by atoms with E-state index in [1.165, 1.54) is 31.5 Å². The van der Waals surface area contributed by atoms with Crippen LogP contribution in [0.1, 0.15) is 50.0 Å². The van der Waals surface area contributed by atoms with Crippen molar-refractivity contribution in [3.8, 4) is 0 Å². The van der Waals surface area contributed by atoms with E-state index in [9.17, 15) is 9.18 Å². The van der Waals surface area contributed by atoms with Crippen LogP contribution in [0.4, 0.5) is 4.39 Å². The zero-order chi connectivity index (χ0) is 18.5. The minimum Gasteiger partial charge on any atom is -0.351 e. The number of aromatic amines is 1. The first-order valence-corrected chi connectivity index (χ1v) is 9.90. The molecule has 1 fully saturated rings. The summed E-state index contributed by atoms with van der Waals surface area (Å²) in [4.78, 5) is 20.3. The van der Waals surface area contributed by atoms with Crippen molar-refractivity contribution < 1.29 is 9.18 Å². The number of piperidine rings is 1. The monoisotopic (exact) mass is 359 g/mol. The molecule has 4 nitrogen and oxygen atoms in total. The Kier molecular flexibility index (Phi) is 6.30. The maximum Gasteiger partial charge on any atom is 0.270 e. The van der Waals surface area contributed by atoms with Gasteiger partial charge in [-0.3, -0.25) is 4.79 Å². The molecular formula is C21H30FN3O. The molecule has 2 aromatic rings. The molecular weight excluding hydrogens is 329 g/mol. The smallest absolute Gasteiger partial charge is 0.270 e. The number of likely N-dealkylation sites (tertiary alicyclic amines) is 1. The van der Waals surface area contributed by atoms with Crippen LogP contribution < -0.4 is 0 Å². The van der Waals surface area contributed by atoms with Crippen LogP contribution >= 0.6 is 0 Å². The van der Waals surface area contributed by atoms with Gasteiger partial charge in [0.2, 0.25) is 0 Å². The number of aromatic nitrogens is 1. The number of halogens is 1. The average Bonchev–Trinajstić information content (AvgIpc) is 3.08. The summed E-state index contributed by atoms with van der Waals surface area (Å²) in [6.07, 6.45) is 4.66. The highest BCUT2D eigenvalue weighted by Gasteiger charge is 2.24. The highest BCUT2D eigenvalue weighted by molar-refractivity contribution is 5.98. The molecule has 1 aliphatic rings. The molecule has 0 aliphatic carbocycles. The lowest BCUT2D eigenvalue weighted by atomic mass is 9.92. The van der Waals surface area contributed by atoms with E-state index in [0.717, 1.165) is 55.8 Å². The summed E-state index contributed by atoms with van der Waals surface area (Å²) in [6, 6.07) is 6.32. The van der Waals surface area contributed by atoms with Gasteiger partial charge in [0.15, 0.2) is 0 Å². The molecule has 0 saturated carbocycles. The summed E-state index contributed by atoms with van der Waals surface area (Å²) < 4.78 is 13.3. The first-order chi connectivity index (χ1) is 12.6. The number of fused-ring (bicyclic) bond motifs is 1. The molecule has 1 N–H and O–H groups in total. The van der Waals surface area contributed by atoms with Gasteiger partial charge in [-0.05, 0) is 75.5 Å². The second-order valence-electron chi connectivity index (χ2n) is 7.32. The topological polar surface area (TPSA) is 39.3 Å². The quantitative estimate of drug-likeness (QED) is 0.801. The van der Waals surface area contributed by atoms with Crippen LogP contribution in [0.15, 0.2) is 24.3 Å². The average molecular weight is 359 g/mol. The first kappa shape index (κ1) is 18.9. The number of H-pyrrole nitrogens is 1. The van der Waals surface area contributed by atoms with E-state index in [1.54, 1.807) is 12.1 Å². The van der Waals surface area contributed by atoms with E-state index < -0.39 is 0 Å². The lowest BCUT2D eigenvalue weighted by Crippen LogP contribution is -2.38. The molecule has 0 radical (unpaired) electrons. The van der Waals surface area contributed by atoms with Crippen molar-refractivity contribution in [2.75, 3.05) is 32.7 Å². The Labute approximate surface area is 155 Å². The fourth-order valence-corrected chi connectivity index (χ4v) is 3.96. The fraction of sp³-hybridized carbons (Fsp3) is 0.571. The number of carbonyl (C=O) groups is 1. The van der Waals surface area contributed by atoms with Gasteiger partial charge in [-0.25, -0.2) is 4.39 Å². The lowest BCUT2D eigenvalue weighted by Gasteiger charge is -2.32. The third kappa shape index (κ3) is 4.44. The van der Waals surface area contributed by atoms with Gasteiger partial charge in [0, 0.05) is 24.0 Å². The standard InChI is InChI=1S/C21H30FN3O/c1-3-24(4-2)11-5-6-16-9-12-25(13-10-16)21(26)20-15-17-14-18(22)7-8-19(17)23-20/h7-8,14-16,23H,3-6,9-13H2,1-2H3. The molecule has 1 aliphatic heterocycles. The Bertz CT molecular complexity index is 730. The van der Waals surface area contributed by atoms with Crippen LogP contribution in [0.2, 0.25) is 0 Å². The van der Waals surface area contributed by atoms with Gasteiger partial charge in [-0.15, -0.1) is 0 Å². The first-order valence-electron chi connectivity index (χ1n) is 9.90. The Hall–Kier alpha value is -1.88. The number of carbonyl (C=O) groups excluding carboxylic acids is 1. The predicted molar refractivity (Wildman–Crippen MR) is 104 cm³/mol. The van der Waals surface area contributed by atoms with Gasteiger partial charge in [0.25, 0.3) is 5.91 Å². The summed E-state index contributed by atoms with van der Waals surface area (Å²) in [7, 11) is 0. The van der Waals surface area contributed by atoms with Crippen LogP contribution in [0.5, 0.6) is 0 Å². The third-order valence-electron chi connectivity index (χ3n) is 5.70. The van der Waals surface area contributed by atoms with E-state index in [1.807, 2.05) is 4.90 Å². The zero-order valence-corrected chi connectivity index (χ0v) is 15.9. The number of nitrogens with one attached hydrogen (secondary N) is 1. The molecule has 1 amide bonds. The number of rotatable bonds is 7. The van der Waals surface area contributed by atoms with Crippen molar-refractivity contribution >= 4 is 16.8 Å². The van der Waals surface area contributed by atoms with E-state index in [4.69, 9.17) is 0 Å². The van der Waals surface area contributed by atoms with Crippen LogP contribution in [0.3, 0.4) is 0 Å². The van der Waals surface area contributed by atoms with Crippen molar-refractivity contribution in [3.63, 3.8) is 0 Å². The minimum atomic E-state index is -0.277. The van der Waals surface area contributed by atoms with Gasteiger partial charge >= 0.3 is 0 Å². The highest BCUT2D eigenvalue weighted by Crippen LogP contribution is 2.24. The van der Waals surface area contributed by atoms with Crippen molar-refractivity contribution in [1.29, 1.82) is 0 Å². The normalized spacial score (nSPS) is 15.9. The molecule has 3 rings (SSSR count). The molecule has 1 aromatic carbocycles. The number of benzene rings is 1. The number of amides is 1. The molecule has 1 aromatic heterocycles. The van der Waals surface area contributed by atoms with Gasteiger partial charge < -0.3 is 14.8 Å². The van der Waals surface area contributed by atoms with Crippen LogP contribution in [0, 0.1) is 11.7 Å². The fourth-order valence-electron chi connectivity index (χ4n) is 3.96. The molecule has 0 bridgehead atoms. The molecule has 142 valence electrons. The maximum absolute atomic E-state index is 13.3. The summed E-state index contributed by atoms with van der Waals surface area (Å²) in [5.41, 5.74) is 1.37. The Morgan fingerprint density at radius 3 is 2.65 bits per heavy atom. The zero-order valence-electron chi connectivity index (χ0n) is 15.9. The molecule has 0 spiro atoms. The predicted octanol–water partition coefficient (Wildman–Crippen LogP) is 4.28. The van der Waals surface area contributed by atoms with Crippen LogP contribution in [-0.4, -0.2) is 53.4 Å². The van der Waals surface area contributed by atoms with Crippen LogP contribution in [-0.2, 0) is 0 Å². The Morgan fingerprint density at radius 1 is 1.23 bits per heavy atom. The molecule has 0 unspecified atom stereocenters. The molecule has 0 atom stereocenters. The van der Waals surface area contributed by atoms with Crippen molar-refractivity contribution in [1.82, 2.24) is 14.8 Å². The Morgan fingerprint density at radius 2 is 1.96 bits per heavy atom. The molecule has 1 saturated heterocycles. The summed E-state index contributed by atoms with van der Waals surface area (Å²) >= 11 is 0. The summed E-state index contributed by atoms with van der Waals surface area (Å²) in [5.74, 6) is 0.482. The molecule has 26 heavy (non-hydrogen) atoms. The van der Waals surface area contributed by atoms with Crippen molar-refractivity contribution in [2.45, 2.75) is 39.5 Å². The number of nitrogens with zero attached hydrogens (tertiary/aromatic N) is 2. The second-order valence-corrected chi connectivity index (χ2v) is 7.32. The van der Waals surface area contributed by atoms with E-state index in [2.05, 4.69) is 23.7 Å². The minimum absolute atomic E-state index is 0.0307. The Balaban J connectivity index is 1.50. The van der Waals surface area contributed by atoms with Gasteiger partial charge in [-0.1, -0.05) is 13.8 Å². The largest absolute Gasteiger partial charge is 0.351 e. The highest BCUT2D eigenvalue weighted by atomic mass is 19.1. The van der Waals surface area contributed by atoms with E-state index in [0.29, 0.717) is 5.69 Å². The maximum atomic E-state index is 13.3. The summed E-state index contributed by atoms with van der Waals surface area (Å²) in [6.45, 7) is 9.49. The number of hydrogen-bond acceptors (Lipinski definition) is 2. The second kappa shape index (κ2) is 8.67. The number of hydrogen-bond donors (Lipinski definition) is 1. The lowest BCUT2D eigenvalue weighted by molar-refractivity contribution is 0.0679. The van der Waals surface area contributed by atoms with Crippen molar-refractivity contribution in [3.05, 3.63) is 35.8 Å². The molecule has 5 heteroatoms. The molecule has 2 heterocycles. The van der Waals surface area contributed by atoms with E-state index in [-0.39, 0.29) is 11.7 Å². The van der Waals surface area contributed by atoms with Gasteiger partial charge in [0.1, 0.15) is 11.5 Å². The van der Waals surface area contributed by atoms with Gasteiger partial charge in [-0.2, -0.15) is 0 Å². The van der Waals surface area contributed by atoms with Crippen molar-refractivity contribution in [2.24, 2.45) is 5.92 Å². The summed E-state index contributed by atoms with van der Waals surface area (Å²) in [5, 5.41) is 0.750. The SMILES string of the molecule is CCN(CC)CCCC1CCN(C(=O)c2cc3cc(F)ccc3[nH]2)CC1. The van der Waals surface area contributed by atoms with Gasteiger partial charge in [0.05, 0.1) is 0 Å². The third-order valence-corrected chi connectivity index (χ3v) is 5.70.